The van der Waals surface area contributed by atoms with Crippen LogP contribution in [0.3, 0.4) is 0 Å². The van der Waals surface area contributed by atoms with Gasteiger partial charge in [-0.1, -0.05) is 13.0 Å². The van der Waals surface area contributed by atoms with Crippen molar-refractivity contribution < 1.29 is 9.59 Å². The second-order valence-electron chi connectivity index (χ2n) is 4.56. The fourth-order valence-electron chi connectivity index (χ4n) is 2.16. The highest BCUT2D eigenvalue weighted by Crippen LogP contribution is 2.24. The first-order valence-electron chi connectivity index (χ1n) is 6.21. The zero-order chi connectivity index (χ0) is 14.0. The molecule has 0 saturated carbocycles. The molecule has 0 aliphatic carbocycles. The molecule has 0 N–H and O–H groups in total. The lowest BCUT2D eigenvalue weighted by molar-refractivity contribution is -0.122. The minimum atomic E-state index is -0.319. The van der Waals surface area contributed by atoms with Crippen LogP contribution in [0.1, 0.15) is 19.4 Å². The summed E-state index contributed by atoms with van der Waals surface area (Å²) in [5.41, 5.74) is 0.887. The predicted molar refractivity (Wildman–Crippen MR) is 70.5 cm³/mol. The Labute approximate surface area is 112 Å². The van der Waals surface area contributed by atoms with E-state index in [1.54, 1.807) is 36.1 Å². The van der Waals surface area contributed by atoms with E-state index in [9.17, 15) is 9.59 Å². The Kier molecular flexibility index (Phi) is 3.52. The van der Waals surface area contributed by atoms with Crippen LogP contribution in [-0.2, 0) is 4.79 Å². The molecule has 1 fully saturated rings. The average molecular weight is 257 g/mol. The lowest BCUT2D eigenvalue weighted by Crippen LogP contribution is -2.56. The fourth-order valence-corrected chi connectivity index (χ4v) is 2.16. The average Bonchev–Trinajstić information content (AvgIpc) is 2.43. The van der Waals surface area contributed by atoms with Crippen LogP contribution in [-0.4, -0.2) is 29.9 Å². The molecule has 5 heteroatoms. The van der Waals surface area contributed by atoms with Crippen molar-refractivity contribution in [2.24, 2.45) is 5.92 Å². The maximum atomic E-state index is 12.3. The molecule has 19 heavy (non-hydrogen) atoms. The molecule has 0 spiro atoms. The van der Waals surface area contributed by atoms with Gasteiger partial charge in [0.05, 0.1) is 23.2 Å². The largest absolute Gasteiger partial charge is 0.331 e. The summed E-state index contributed by atoms with van der Waals surface area (Å²) in [7, 11) is 0. The van der Waals surface area contributed by atoms with Crippen LogP contribution in [0.5, 0.6) is 0 Å². The van der Waals surface area contributed by atoms with Gasteiger partial charge in [0.25, 0.3) is 0 Å². The second kappa shape index (κ2) is 5.11. The van der Waals surface area contributed by atoms with Gasteiger partial charge in [-0.15, -0.1) is 0 Å². The van der Waals surface area contributed by atoms with Crippen LogP contribution in [0.4, 0.5) is 10.5 Å². The molecule has 1 unspecified atom stereocenters. The number of hydrogen-bond donors (Lipinski definition) is 0. The lowest BCUT2D eigenvalue weighted by atomic mass is 10.1. The summed E-state index contributed by atoms with van der Waals surface area (Å²) in [5.74, 6) is -0.451. The zero-order valence-corrected chi connectivity index (χ0v) is 11.0. The Morgan fingerprint density at radius 1 is 1.42 bits per heavy atom. The summed E-state index contributed by atoms with van der Waals surface area (Å²) in [6.45, 7) is 4.69. The van der Waals surface area contributed by atoms with Crippen LogP contribution >= 0.6 is 0 Å². The second-order valence-corrected chi connectivity index (χ2v) is 4.56. The Balaban J connectivity index is 2.42. The molecule has 1 aliphatic rings. The molecule has 1 aromatic carbocycles. The number of anilines is 1. The van der Waals surface area contributed by atoms with Gasteiger partial charge in [0.15, 0.2) is 0 Å². The van der Waals surface area contributed by atoms with E-state index < -0.39 is 0 Å². The van der Waals surface area contributed by atoms with E-state index in [1.165, 1.54) is 4.90 Å². The molecule has 2 rings (SSSR count). The number of carbonyl (C=O) groups excluding carboxylic acids is 2. The van der Waals surface area contributed by atoms with Crippen LogP contribution < -0.4 is 4.90 Å². The van der Waals surface area contributed by atoms with Crippen molar-refractivity contribution in [3.8, 4) is 6.07 Å². The maximum absolute atomic E-state index is 12.3. The molecular weight excluding hydrogens is 242 g/mol. The molecule has 5 nitrogen and oxygen atoms in total. The number of benzene rings is 1. The van der Waals surface area contributed by atoms with E-state index in [0.29, 0.717) is 24.3 Å². The molecule has 1 aromatic rings. The van der Waals surface area contributed by atoms with Crippen molar-refractivity contribution in [2.45, 2.75) is 13.8 Å². The third-order valence-corrected chi connectivity index (χ3v) is 3.21. The molecule has 1 aliphatic heterocycles. The van der Waals surface area contributed by atoms with Crippen molar-refractivity contribution in [1.82, 2.24) is 4.90 Å². The summed E-state index contributed by atoms with van der Waals surface area (Å²) < 4.78 is 0. The van der Waals surface area contributed by atoms with Crippen LogP contribution in [0.25, 0.3) is 0 Å². The van der Waals surface area contributed by atoms with Crippen molar-refractivity contribution in [1.29, 1.82) is 5.26 Å². The van der Waals surface area contributed by atoms with Gasteiger partial charge in [-0.3, -0.25) is 4.79 Å². The van der Waals surface area contributed by atoms with E-state index in [2.05, 4.69) is 0 Å². The van der Waals surface area contributed by atoms with E-state index in [1.807, 2.05) is 13.0 Å². The SMILES string of the molecule is CCN1CC(C)C(=O)N(c2cccc(C#N)c2)C1=O. The van der Waals surface area contributed by atoms with Gasteiger partial charge in [0.2, 0.25) is 5.91 Å². The van der Waals surface area contributed by atoms with Gasteiger partial charge in [-0.05, 0) is 25.1 Å². The molecule has 1 saturated heterocycles. The number of carbonyl (C=O) groups is 2. The quantitative estimate of drug-likeness (QED) is 0.813. The first-order valence-corrected chi connectivity index (χ1v) is 6.21. The highest BCUT2D eigenvalue weighted by atomic mass is 16.2. The predicted octanol–water partition coefficient (Wildman–Crippen LogP) is 1.98. The van der Waals surface area contributed by atoms with Gasteiger partial charge in [-0.25, -0.2) is 9.69 Å². The van der Waals surface area contributed by atoms with Gasteiger partial charge < -0.3 is 4.90 Å². The highest BCUT2D eigenvalue weighted by Gasteiger charge is 2.37. The van der Waals surface area contributed by atoms with E-state index in [0.717, 1.165) is 0 Å². The Bertz CT molecular complexity index is 562. The summed E-state index contributed by atoms with van der Waals surface area (Å²) >= 11 is 0. The number of amides is 3. The van der Waals surface area contributed by atoms with Gasteiger partial charge in [-0.2, -0.15) is 5.26 Å². The first-order chi connectivity index (χ1) is 9.08. The maximum Gasteiger partial charge on any atom is 0.331 e. The Morgan fingerprint density at radius 3 is 2.79 bits per heavy atom. The minimum Gasteiger partial charge on any atom is -0.323 e. The Hall–Kier alpha value is -2.35. The summed E-state index contributed by atoms with van der Waals surface area (Å²) in [6.07, 6.45) is 0. The number of nitrogens with zero attached hydrogens (tertiary/aromatic N) is 3. The van der Waals surface area contributed by atoms with Crippen molar-refractivity contribution in [3.05, 3.63) is 29.8 Å². The van der Waals surface area contributed by atoms with Crippen molar-refractivity contribution in [2.75, 3.05) is 18.0 Å². The number of rotatable bonds is 2. The van der Waals surface area contributed by atoms with Crippen molar-refractivity contribution in [3.63, 3.8) is 0 Å². The fraction of sp³-hybridized carbons (Fsp3) is 0.357. The summed E-state index contributed by atoms with van der Waals surface area (Å²) in [5, 5.41) is 8.89. The van der Waals surface area contributed by atoms with E-state index >= 15 is 0 Å². The monoisotopic (exact) mass is 257 g/mol. The van der Waals surface area contributed by atoms with Gasteiger partial charge in [0, 0.05) is 13.1 Å². The molecule has 3 amide bonds. The van der Waals surface area contributed by atoms with Gasteiger partial charge in [0.1, 0.15) is 0 Å². The molecule has 0 aromatic heterocycles. The minimum absolute atomic E-state index is 0.218. The Morgan fingerprint density at radius 2 is 2.16 bits per heavy atom. The van der Waals surface area contributed by atoms with Crippen LogP contribution in [0.15, 0.2) is 24.3 Å². The number of imide groups is 1. The number of hydrogen-bond acceptors (Lipinski definition) is 3. The normalized spacial score (nSPS) is 19.5. The third kappa shape index (κ3) is 2.29. The van der Waals surface area contributed by atoms with E-state index in [4.69, 9.17) is 5.26 Å². The molecular formula is C14H15N3O2. The molecule has 1 heterocycles. The summed E-state index contributed by atoms with van der Waals surface area (Å²) in [6, 6.07) is 8.23. The van der Waals surface area contributed by atoms with E-state index in [-0.39, 0.29) is 17.9 Å². The van der Waals surface area contributed by atoms with Crippen LogP contribution in [0, 0.1) is 17.2 Å². The first kappa shape index (κ1) is 13.1. The van der Waals surface area contributed by atoms with Crippen LogP contribution in [0.2, 0.25) is 0 Å². The summed E-state index contributed by atoms with van der Waals surface area (Å²) in [4.78, 5) is 27.2. The topological polar surface area (TPSA) is 64.4 Å². The number of nitriles is 1. The van der Waals surface area contributed by atoms with Crippen molar-refractivity contribution >= 4 is 17.6 Å². The standard InChI is InChI=1S/C14H15N3O2/c1-3-16-9-10(2)13(18)17(14(16)19)12-6-4-5-11(7-12)8-15/h4-7,10H,3,9H2,1-2H3. The molecule has 0 radical (unpaired) electrons. The molecule has 0 bridgehead atoms. The smallest absolute Gasteiger partial charge is 0.323 e. The number of urea groups is 1. The van der Waals surface area contributed by atoms with Gasteiger partial charge >= 0.3 is 6.03 Å². The third-order valence-electron chi connectivity index (χ3n) is 3.21. The molecule has 98 valence electrons. The molecule has 1 atom stereocenters. The lowest BCUT2D eigenvalue weighted by Gasteiger charge is -2.36. The zero-order valence-electron chi connectivity index (χ0n) is 11.0. The highest BCUT2D eigenvalue weighted by molar-refractivity contribution is 6.16.